The third-order valence-corrected chi connectivity index (χ3v) is 4.71. The molecule has 0 unspecified atom stereocenters. The minimum absolute atomic E-state index is 0.259. The Labute approximate surface area is 94.9 Å². The summed E-state index contributed by atoms with van der Waals surface area (Å²) in [5, 5.41) is 6.37. The maximum atomic E-state index is 12.5. The van der Waals surface area contributed by atoms with Gasteiger partial charge in [-0.3, -0.25) is 14.7 Å². The molecule has 0 aromatic rings. The highest BCUT2D eigenvalue weighted by Crippen LogP contribution is 2.38. The molecule has 15 heavy (non-hydrogen) atoms. The topological polar surface area (TPSA) is 41.1 Å². The normalized spacial score (nSPS) is 13.1. The van der Waals surface area contributed by atoms with Gasteiger partial charge in [0.05, 0.1) is 0 Å². The van der Waals surface area contributed by atoms with Crippen LogP contribution < -0.4 is 10.2 Å². The molecule has 0 aliphatic heterocycles. The summed E-state index contributed by atoms with van der Waals surface area (Å²) in [7, 11) is -2.39. The van der Waals surface area contributed by atoms with Gasteiger partial charge in [0.2, 0.25) is 7.44 Å². The molecule has 0 aliphatic carbocycles. The lowest BCUT2D eigenvalue weighted by atomic mass is 10.2. The molecule has 0 aromatic carbocycles. The number of hydrogen-bond acceptors (Lipinski definition) is 1. The van der Waals surface area contributed by atoms with Crippen LogP contribution in [0.4, 0.5) is 0 Å². The zero-order chi connectivity index (χ0) is 12.1. The molecule has 0 bridgehead atoms. The van der Waals surface area contributed by atoms with E-state index in [1.165, 1.54) is 0 Å². The van der Waals surface area contributed by atoms with E-state index in [4.69, 9.17) is 0 Å². The molecule has 92 valence electrons. The Hall–Kier alpha value is 0.150. The lowest BCUT2D eigenvalue weighted by molar-refractivity contribution is 0.523. The van der Waals surface area contributed by atoms with Crippen LogP contribution in [-0.2, 0) is 4.57 Å². The first-order chi connectivity index (χ1) is 6.75. The minimum atomic E-state index is -2.39. The first kappa shape index (κ1) is 15.2. The maximum Gasteiger partial charge on any atom is 0.211 e. The average Bonchev–Trinajstić information content (AvgIpc) is 1.97. The smallest absolute Gasteiger partial charge is 0.211 e. The van der Waals surface area contributed by atoms with E-state index in [0.29, 0.717) is 5.92 Å². The standard InChI is InChI=1S/C11H27N2OP/c1-9(2)7-8-15(14,12-10(3)4)13-11(5)6/h9-11H,7-8H2,1-6H3,(H2,12,13,14). The number of rotatable bonds is 7. The van der Waals surface area contributed by atoms with Crippen molar-refractivity contribution in [2.45, 2.75) is 60.0 Å². The summed E-state index contributed by atoms with van der Waals surface area (Å²) in [5.74, 6) is 0.598. The molecule has 0 atom stereocenters. The average molecular weight is 234 g/mol. The summed E-state index contributed by atoms with van der Waals surface area (Å²) in [6.45, 7) is 12.5. The van der Waals surface area contributed by atoms with Gasteiger partial charge in [-0.25, -0.2) is 0 Å². The van der Waals surface area contributed by atoms with Crippen LogP contribution in [-0.4, -0.2) is 18.2 Å². The molecular weight excluding hydrogens is 207 g/mol. The van der Waals surface area contributed by atoms with Crippen molar-refractivity contribution < 1.29 is 4.57 Å². The molecule has 0 rings (SSSR count). The molecule has 2 N–H and O–H groups in total. The summed E-state index contributed by atoms with van der Waals surface area (Å²) in [4.78, 5) is 0. The van der Waals surface area contributed by atoms with Crippen molar-refractivity contribution in [1.82, 2.24) is 10.2 Å². The predicted octanol–water partition coefficient (Wildman–Crippen LogP) is 3.22. The maximum absolute atomic E-state index is 12.5. The van der Waals surface area contributed by atoms with Crippen LogP contribution in [0.5, 0.6) is 0 Å². The van der Waals surface area contributed by atoms with Crippen LogP contribution in [0.3, 0.4) is 0 Å². The highest BCUT2D eigenvalue weighted by Gasteiger charge is 2.23. The zero-order valence-corrected chi connectivity index (χ0v) is 11.9. The quantitative estimate of drug-likeness (QED) is 0.664. The highest BCUT2D eigenvalue weighted by molar-refractivity contribution is 7.59. The Morgan fingerprint density at radius 1 is 0.933 bits per heavy atom. The van der Waals surface area contributed by atoms with Crippen LogP contribution in [0, 0.1) is 5.92 Å². The van der Waals surface area contributed by atoms with Gasteiger partial charge in [-0.2, -0.15) is 0 Å². The van der Waals surface area contributed by atoms with E-state index in [1.54, 1.807) is 0 Å². The third kappa shape index (κ3) is 8.01. The van der Waals surface area contributed by atoms with Crippen LogP contribution in [0.1, 0.15) is 48.0 Å². The van der Waals surface area contributed by atoms with Crippen LogP contribution >= 0.6 is 7.44 Å². The zero-order valence-electron chi connectivity index (χ0n) is 11.0. The van der Waals surface area contributed by atoms with Gasteiger partial charge in [0, 0.05) is 18.2 Å². The molecule has 0 saturated carbocycles. The van der Waals surface area contributed by atoms with E-state index < -0.39 is 7.44 Å². The Bertz CT molecular complexity index is 201. The molecule has 0 aliphatic rings. The Kier molecular flexibility index (Phi) is 6.74. The molecular formula is C11H27N2OP. The van der Waals surface area contributed by atoms with Gasteiger partial charge in [-0.05, 0) is 40.0 Å². The second-order valence-corrected chi connectivity index (χ2v) is 7.66. The fourth-order valence-corrected chi connectivity index (χ4v) is 4.32. The van der Waals surface area contributed by atoms with Gasteiger partial charge in [-0.15, -0.1) is 0 Å². The summed E-state index contributed by atoms with van der Waals surface area (Å²) in [6.07, 6.45) is 1.73. The van der Waals surface area contributed by atoms with Gasteiger partial charge < -0.3 is 0 Å². The summed E-state index contributed by atoms with van der Waals surface area (Å²) < 4.78 is 12.5. The van der Waals surface area contributed by atoms with Gasteiger partial charge in [0.15, 0.2) is 0 Å². The Morgan fingerprint density at radius 2 is 1.33 bits per heavy atom. The molecule has 0 spiro atoms. The molecule has 0 amide bonds. The first-order valence-corrected chi connectivity index (χ1v) is 7.79. The van der Waals surface area contributed by atoms with Crippen molar-refractivity contribution in [3.8, 4) is 0 Å². The van der Waals surface area contributed by atoms with E-state index in [1.807, 2.05) is 27.7 Å². The van der Waals surface area contributed by atoms with E-state index in [0.717, 1.165) is 12.6 Å². The van der Waals surface area contributed by atoms with E-state index in [2.05, 4.69) is 24.0 Å². The summed E-state index contributed by atoms with van der Waals surface area (Å²) in [5.41, 5.74) is 0. The SMILES string of the molecule is CC(C)CCP(=O)(NC(C)C)NC(C)C. The Balaban J connectivity index is 4.34. The van der Waals surface area contributed by atoms with Crippen molar-refractivity contribution in [1.29, 1.82) is 0 Å². The molecule has 3 nitrogen and oxygen atoms in total. The fourth-order valence-electron chi connectivity index (χ4n) is 1.44. The summed E-state index contributed by atoms with van der Waals surface area (Å²) in [6, 6.07) is 0.517. The Morgan fingerprint density at radius 3 is 1.60 bits per heavy atom. The number of nitrogens with one attached hydrogen (secondary N) is 2. The largest absolute Gasteiger partial charge is 0.289 e. The van der Waals surface area contributed by atoms with Crippen molar-refractivity contribution >= 4 is 7.44 Å². The molecule has 4 heteroatoms. The van der Waals surface area contributed by atoms with E-state index >= 15 is 0 Å². The van der Waals surface area contributed by atoms with Crippen molar-refractivity contribution in [2.24, 2.45) is 5.92 Å². The third-order valence-electron chi connectivity index (χ3n) is 1.95. The monoisotopic (exact) mass is 234 g/mol. The minimum Gasteiger partial charge on any atom is -0.289 e. The van der Waals surface area contributed by atoms with Crippen molar-refractivity contribution in [2.75, 3.05) is 6.16 Å². The first-order valence-electron chi connectivity index (χ1n) is 5.90. The van der Waals surface area contributed by atoms with Crippen molar-refractivity contribution in [3.05, 3.63) is 0 Å². The fraction of sp³-hybridized carbons (Fsp3) is 1.00. The van der Waals surface area contributed by atoms with Gasteiger partial charge in [-0.1, -0.05) is 13.8 Å². The molecule has 0 heterocycles. The second kappa shape index (κ2) is 6.67. The highest BCUT2D eigenvalue weighted by atomic mass is 31.2. The molecule has 0 fully saturated rings. The van der Waals surface area contributed by atoms with Gasteiger partial charge >= 0.3 is 0 Å². The van der Waals surface area contributed by atoms with E-state index in [-0.39, 0.29) is 12.1 Å². The van der Waals surface area contributed by atoms with Gasteiger partial charge in [0.1, 0.15) is 0 Å². The van der Waals surface area contributed by atoms with Crippen molar-refractivity contribution in [3.63, 3.8) is 0 Å². The van der Waals surface area contributed by atoms with Gasteiger partial charge in [0.25, 0.3) is 0 Å². The van der Waals surface area contributed by atoms with E-state index in [9.17, 15) is 4.57 Å². The van der Waals surface area contributed by atoms with Crippen LogP contribution in [0.25, 0.3) is 0 Å². The predicted molar refractivity (Wildman–Crippen MR) is 68.5 cm³/mol. The lowest BCUT2D eigenvalue weighted by Crippen LogP contribution is -2.33. The lowest BCUT2D eigenvalue weighted by Gasteiger charge is -2.25. The van der Waals surface area contributed by atoms with Crippen LogP contribution in [0.15, 0.2) is 0 Å². The second-order valence-electron chi connectivity index (χ2n) is 5.21. The van der Waals surface area contributed by atoms with Crippen LogP contribution in [0.2, 0.25) is 0 Å². The summed E-state index contributed by atoms with van der Waals surface area (Å²) >= 11 is 0. The molecule has 0 aromatic heterocycles. The molecule has 0 radical (unpaired) electrons. The number of hydrogen-bond donors (Lipinski definition) is 2. The molecule has 0 saturated heterocycles.